The molecule has 3 N–H and O–H groups in total. The van der Waals surface area contributed by atoms with E-state index in [4.69, 9.17) is 10.00 Å². The van der Waals surface area contributed by atoms with Gasteiger partial charge in [0.15, 0.2) is 0 Å². The van der Waals surface area contributed by atoms with E-state index in [9.17, 15) is 5.11 Å². The zero-order valence-corrected chi connectivity index (χ0v) is 15.0. The summed E-state index contributed by atoms with van der Waals surface area (Å²) >= 11 is 0. The molecule has 1 aromatic rings. The molecule has 0 radical (unpaired) electrons. The molecule has 2 aliphatic carbocycles. The van der Waals surface area contributed by atoms with Crippen LogP contribution in [-0.2, 0) is 0 Å². The number of nitriles is 1. The Kier molecular flexibility index (Phi) is 4.59. The number of hydrogen-bond acceptors (Lipinski definition) is 3. The maximum atomic E-state index is 10.2. The topological polar surface area (TPSA) is 69.9 Å². The summed E-state index contributed by atoms with van der Waals surface area (Å²) in [5.41, 5.74) is 1.41. The summed E-state index contributed by atoms with van der Waals surface area (Å²) in [6, 6.07) is 9.69. The molecule has 0 heterocycles. The van der Waals surface area contributed by atoms with Crippen LogP contribution in [0.1, 0.15) is 45.6 Å². The van der Waals surface area contributed by atoms with Crippen LogP contribution in [0, 0.1) is 28.1 Å². The van der Waals surface area contributed by atoms with Crippen LogP contribution in [-0.4, -0.2) is 30.4 Å². The molecule has 0 spiro atoms. The number of aliphatic hydroxyl groups excluding tert-OH is 1. The standard InChI is InChI=1S/C20H28N2O2/c1-19(2)15-8-9-20(19,3)18(10-15)22-12-16(23)13-24-17-6-4-14(11-21)5-7-17/h4-7,15-16,18,22-23H,8-10,12-13H2,1-3H3/p+1/t15-,16-,18+,20-/m0/s1. The lowest BCUT2D eigenvalue weighted by atomic mass is 9.69. The van der Waals surface area contributed by atoms with Crippen LogP contribution in [0.25, 0.3) is 0 Å². The molecule has 0 amide bonds. The molecule has 1 aromatic carbocycles. The zero-order valence-electron chi connectivity index (χ0n) is 15.0. The Labute approximate surface area is 144 Å². The quantitative estimate of drug-likeness (QED) is 0.839. The van der Waals surface area contributed by atoms with Crippen LogP contribution >= 0.6 is 0 Å². The Balaban J connectivity index is 1.46. The summed E-state index contributed by atoms with van der Waals surface area (Å²) < 4.78 is 5.63. The third-order valence-corrected chi connectivity index (χ3v) is 6.98. The van der Waals surface area contributed by atoms with Crippen LogP contribution in [0.4, 0.5) is 0 Å². The predicted molar refractivity (Wildman–Crippen MR) is 92.5 cm³/mol. The number of rotatable bonds is 6. The molecule has 3 rings (SSSR count). The van der Waals surface area contributed by atoms with Crippen molar-refractivity contribution in [2.24, 2.45) is 16.7 Å². The SMILES string of the molecule is CC1(C)[C@H]2CC[C@@]1(C)[C@H]([NH2+]C[C@H](O)COc1ccc(C#N)cc1)C2. The Bertz CT molecular complexity index is 620. The number of hydrogen-bond donors (Lipinski definition) is 2. The minimum Gasteiger partial charge on any atom is -0.491 e. The van der Waals surface area contributed by atoms with Crippen LogP contribution in [0.3, 0.4) is 0 Å². The summed E-state index contributed by atoms with van der Waals surface area (Å²) in [6.07, 6.45) is 3.46. The zero-order chi connectivity index (χ0) is 17.4. The number of fused-ring (bicyclic) bond motifs is 2. The monoisotopic (exact) mass is 329 g/mol. The van der Waals surface area contributed by atoms with Crippen molar-refractivity contribution in [3.63, 3.8) is 0 Å². The van der Waals surface area contributed by atoms with Gasteiger partial charge in [-0.2, -0.15) is 5.26 Å². The molecule has 24 heavy (non-hydrogen) atoms. The number of nitrogens with two attached hydrogens (primary N) is 1. The van der Waals surface area contributed by atoms with Crippen molar-refractivity contribution >= 4 is 0 Å². The highest BCUT2D eigenvalue weighted by atomic mass is 16.5. The molecule has 2 aliphatic rings. The molecule has 4 heteroatoms. The fourth-order valence-electron chi connectivity index (χ4n) is 4.83. The van der Waals surface area contributed by atoms with E-state index < -0.39 is 6.10 Å². The molecule has 0 saturated heterocycles. The van der Waals surface area contributed by atoms with Gasteiger partial charge in [-0.3, -0.25) is 0 Å². The van der Waals surface area contributed by atoms with Crippen LogP contribution < -0.4 is 10.1 Å². The third kappa shape index (κ3) is 2.92. The highest BCUT2D eigenvalue weighted by Crippen LogP contribution is 2.64. The van der Waals surface area contributed by atoms with Gasteiger partial charge in [-0.05, 0) is 48.4 Å². The fraction of sp³-hybridized carbons (Fsp3) is 0.650. The summed E-state index contributed by atoms with van der Waals surface area (Å²) in [4.78, 5) is 0. The van der Waals surface area contributed by atoms with Gasteiger partial charge < -0.3 is 15.2 Å². The summed E-state index contributed by atoms with van der Waals surface area (Å²) in [6.45, 7) is 8.24. The van der Waals surface area contributed by atoms with Gasteiger partial charge in [-0.15, -0.1) is 0 Å². The second-order valence-corrected chi connectivity index (χ2v) is 8.29. The average molecular weight is 329 g/mol. The number of aliphatic hydroxyl groups is 1. The Hall–Kier alpha value is -1.57. The molecule has 2 saturated carbocycles. The molecule has 0 aromatic heterocycles. The molecule has 4 atom stereocenters. The normalized spacial score (nSPS) is 31.6. The molecule has 0 aliphatic heterocycles. The first kappa shape index (κ1) is 17.3. The number of nitrogens with zero attached hydrogens (tertiary/aromatic N) is 1. The van der Waals surface area contributed by atoms with Gasteiger partial charge in [0.1, 0.15) is 25.0 Å². The molecule has 130 valence electrons. The molecule has 0 unspecified atom stereocenters. The first-order valence-electron chi connectivity index (χ1n) is 9.01. The van der Waals surface area contributed by atoms with E-state index >= 15 is 0 Å². The van der Waals surface area contributed by atoms with Crippen molar-refractivity contribution in [3.8, 4) is 11.8 Å². The van der Waals surface area contributed by atoms with Gasteiger partial charge in [-0.1, -0.05) is 20.8 Å². The van der Waals surface area contributed by atoms with E-state index in [2.05, 4.69) is 32.2 Å². The van der Waals surface area contributed by atoms with E-state index in [1.807, 2.05) is 0 Å². The Morgan fingerprint density at radius 2 is 2.04 bits per heavy atom. The van der Waals surface area contributed by atoms with E-state index in [1.165, 1.54) is 19.3 Å². The average Bonchev–Trinajstić information content (AvgIpc) is 2.91. The highest BCUT2D eigenvalue weighted by molar-refractivity contribution is 5.34. The van der Waals surface area contributed by atoms with E-state index in [0.29, 0.717) is 41.3 Å². The second-order valence-electron chi connectivity index (χ2n) is 8.29. The van der Waals surface area contributed by atoms with Crippen molar-refractivity contribution in [1.29, 1.82) is 5.26 Å². The van der Waals surface area contributed by atoms with E-state index in [1.54, 1.807) is 24.3 Å². The number of ether oxygens (including phenoxy) is 1. The summed E-state index contributed by atoms with van der Waals surface area (Å²) in [7, 11) is 0. The van der Waals surface area contributed by atoms with Crippen molar-refractivity contribution in [3.05, 3.63) is 29.8 Å². The lowest BCUT2D eigenvalue weighted by Crippen LogP contribution is -2.94. The van der Waals surface area contributed by atoms with Gasteiger partial charge in [-0.25, -0.2) is 0 Å². The second kappa shape index (κ2) is 6.38. The van der Waals surface area contributed by atoms with Gasteiger partial charge >= 0.3 is 0 Å². The summed E-state index contributed by atoms with van der Waals surface area (Å²) in [5.74, 6) is 1.52. The largest absolute Gasteiger partial charge is 0.491 e. The maximum absolute atomic E-state index is 10.2. The summed E-state index contributed by atoms with van der Waals surface area (Å²) in [5, 5.41) is 21.4. The molecule has 2 bridgehead atoms. The van der Waals surface area contributed by atoms with Crippen molar-refractivity contribution in [2.75, 3.05) is 13.2 Å². The molecular formula is C20H29N2O2+. The third-order valence-electron chi connectivity index (χ3n) is 6.98. The number of benzene rings is 1. The maximum Gasteiger partial charge on any atom is 0.137 e. The molecular weight excluding hydrogens is 300 g/mol. The van der Waals surface area contributed by atoms with Crippen LogP contribution in [0.5, 0.6) is 5.75 Å². The van der Waals surface area contributed by atoms with Gasteiger partial charge in [0.2, 0.25) is 0 Å². The molecule has 2 fully saturated rings. The van der Waals surface area contributed by atoms with Crippen molar-refractivity contribution < 1.29 is 15.2 Å². The van der Waals surface area contributed by atoms with Crippen LogP contribution in [0.2, 0.25) is 0 Å². The van der Waals surface area contributed by atoms with Crippen molar-refractivity contribution in [1.82, 2.24) is 0 Å². The first-order chi connectivity index (χ1) is 11.4. The predicted octanol–water partition coefficient (Wildman–Crippen LogP) is 2.08. The lowest BCUT2D eigenvalue weighted by molar-refractivity contribution is -0.707. The lowest BCUT2D eigenvalue weighted by Gasteiger charge is -2.37. The minimum atomic E-state index is -0.480. The van der Waals surface area contributed by atoms with Gasteiger partial charge in [0, 0.05) is 11.8 Å². The van der Waals surface area contributed by atoms with Crippen LogP contribution in [0.15, 0.2) is 24.3 Å². The Morgan fingerprint density at radius 3 is 2.58 bits per heavy atom. The van der Waals surface area contributed by atoms with Crippen molar-refractivity contribution in [2.45, 2.75) is 52.2 Å². The molecule has 4 nitrogen and oxygen atoms in total. The Morgan fingerprint density at radius 1 is 1.33 bits per heavy atom. The van der Waals surface area contributed by atoms with E-state index in [-0.39, 0.29) is 0 Å². The highest BCUT2D eigenvalue weighted by Gasteiger charge is 2.63. The smallest absolute Gasteiger partial charge is 0.137 e. The van der Waals surface area contributed by atoms with E-state index in [0.717, 1.165) is 5.92 Å². The minimum absolute atomic E-state index is 0.290. The first-order valence-corrected chi connectivity index (χ1v) is 9.01. The van der Waals surface area contributed by atoms with Gasteiger partial charge in [0.25, 0.3) is 0 Å². The van der Waals surface area contributed by atoms with Gasteiger partial charge in [0.05, 0.1) is 17.7 Å². The number of quaternary nitrogens is 1. The fourth-order valence-corrected chi connectivity index (χ4v) is 4.83.